The van der Waals surface area contributed by atoms with Crippen LogP contribution in [0.1, 0.15) is 18.9 Å². The van der Waals surface area contributed by atoms with E-state index in [1.807, 2.05) is 0 Å². The lowest BCUT2D eigenvalue weighted by Crippen LogP contribution is -2.04. The number of rotatable bonds is 2. The molecule has 1 aromatic carbocycles. The monoisotopic (exact) mass is 302 g/mol. The van der Waals surface area contributed by atoms with Gasteiger partial charge in [-0.15, -0.1) is 0 Å². The number of hydrogen-bond donors (Lipinski definition) is 0. The Kier molecular flexibility index (Phi) is 2.54. The van der Waals surface area contributed by atoms with Gasteiger partial charge in [0.05, 0.1) is 0 Å². The highest BCUT2D eigenvalue weighted by Crippen LogP contribution is 2.54. The molecule has 1 aliphatic rings. The van der Waals surface area contributed by atoms with Crippen LogP contribution < -0.4 is 0 Å². The van der Waals surface area contributed by atoms with Gasteiger partial charge in [0, 0.05) is 9.80 Å². The molecule has 0 bridgehead atoms. The molecule has 70 valence electrons. The maximum absolute atomic E-state index is 3.56. The van der Waals surface area contributed by atoms with Crippen molar-refractivity contribution in [2.45, 2.75) is 18.8 Å². The van der Waals surface area contributed by atoms with E-state index in [4.69, 9.17) is 0 Å². The van der Waals surface area contributed by atoms with Crippen LogP contribution in [0.5, 0.6) is 0 Å². The second kappa shape index (κ2) is 3.39. The molecule has 0 saturated heterocycles. The Hall–Kier alpha value is 0.180. The van der Waals surface area contributed by atoms with E-state index >= 15 is 0 Å². The second-order valence-electron chi connectivity index (χ2n) is 3.98. The van der Waals surface area contributed by atoms with Crippen LogP contribution >= 0.6 is 31.9 Å². The van der Waals surface area contributed by atoms with E-state index in [0.717, 1.165) is 11.2 Å². The SMILES string of the molecule is CC1(c2cccc(Br)c2)CC1CBr. The Morgan fingerprint density at radius 3 is 2.85 bits per heavy atom. The van der Waals surface area contributed by atoms with Crippen molar-refractivity contribution in [1.29, 1.82) is 0 Å². The van der Waals surface area contributed by atoms with Gasteiger partial charge in [0.25, 0.3) is 0 Å². The van der Waals surface area contributed by atoms with Crippen molar-refractivity contribution in [3.8, 4) is 0 Å². The van der Waals surface area contributed by atoms with E-state index in [9.17, 15) is 0 Å². The van der Waals surface area contributed by atoms with Gasteiger partial charge in [0.1, 0.15) is 0 Å². The first-order valence-corrected chi connectivity index (χ1v) is 6.40. The predicted octanol–water partition coefficient (Wildman–Crippen LogP) is 4.12. The lowest BCUT2D eigenvalue weighted by Gasteiger charge is -2.10. The second-order valence-corrected chi connectivity index (χ2v) is 5.55. The summed E-state index contributed by atoms with van der Waals surface area (Å²) < 4.78 is 1.19. The van der Waals surface area contributed by atoms with Gasteiger partial charge < -0.3 is 0 Å². The van der Waals surface area contributed by atoms with E-state index < -0.39 is 0 Å². The maximum atomic E-state index is 3.56. The Morgan fingerprint density at radius 1 is 1.54 bits per heavy atom. The van der Waals surface area contributed by atoms with Crippen molar-refractivity contribution in [1.82, 2.24) is 0 Å². The van der Waals surface area contributed by atoms with Gasteiger partial charge >= 0.3 is 0 Å². The van der Waals surface area contributed by atoms with Crippen LogP contribution in [0.4, 0.5) is 0 Å². The molecular formula is C11H12Br2. The van der Waals surface area contributed by atoms with Crippen LogP contribution in [0.15, 0.2) is 28.7 Å². The minimum atomic E-state index is 0.424. The van der Waals surface area contributed by atoms with Crippen LogP contribution in [0, 0.1) is 5.92 Å². The molecule has 0 heterocycles. The Balaban J connectivity index is 2.27. The molecule has 1 aliphatic carbocycles. The fourth-order valence-electron chi connectivity index (χ4n) is 1.88. The number of halogens is 2. The first-order valence-electron chi connectivity index (χ1n) is 4.49. The molecule has 1 fully saturated rings. The number of benzene rings is 1. The zero-order valence-corrected chi connectivity index (χ0v) is 10.7. The molecule has 0 aromatic heterocycles. The highest BCUT2D eigenvalue weighted by atomic mass is 79.9. The molecule has 2 unspecified atom stereocenters. The molecule has 0 N–H and O–H groups in total. The fraction of sp³-hybridized carbons (Fsp3) is 0.455. The molecule has 2 atom stereocenters. The Bertz CT molecular complexity index is 322. The van der Waals surface area contributed by atoms with Gasteiger partial charge in [-0.3, -0.25) is 0 Å². The third-order valence-electron chi connectivity index (χ3n) is 3.08. The Morgan fingerprint density at radius 2 is 2.31 bits per heavy atom. The zero-order chi connectivity index (χ0) is 9.47. The standard InChI is InChI=1S/C11H12Br2/c1-11(6-9(11)7-12)8-3-2-4-10(13)5-8/h2-5,9H,6-7H2,1H3. The van der Waals surface area contributed by atoms with E-state index in [-0.39, 0.29) is 0 Å². The van der Waals surface area contributed by atoms with Gasteiger partial charge in [-0.2, -0.15) is 0 Å². The van der Waals surface area contributed by atoms with Gasteiger partial charge in [-0.1, -0.05) is 50.9 Å². The van der Waals surface area contributed by atoms with Crippen molar-refractivity contribution in [3.63, 3.8) is 0 Å². The summed E-state index contributed by atoms with van der Waals surface area (Å²) in [5.41, 5.74) is 1.89. The van der Waals surface area contributed by atoms with Gasteiger partial charge in [-0.25, -0.2) is 0 Å². The lowest BCUT2D eigenvalue weighted by molar-refractivity contribution is 0.710. The van der Waals surface area contributed by atoms with Crippen molar-refractivity contribution in [2.75, 3.05) is 5.33 Å². The fourth-order valence-corrected chi connectivity index (χ4v) is 3.22. The first kappa shape index (κ1) is 9.72. The van der Waals surface area contributed by atoms with E-state index in [1.165, 1.54) is 16.5 Å². The molecule has 2 rings (SSSR count). The summed E-state index contributed by atoms with van der Waals surface area (Å²) in [4.78, 5) is 0. The topological polar surface area (TPSA) is 0 Å². The van der Waals surface area contributed by atoms with Crippen LogP contribution in [-0.2, 0) is 5.41 Å². The number of hydrogen-bond acceptors (Lipinski definition) is 0. The summed E-state index contributed by atoms with van der Waals surface area (Å²) in [6.07, 6.45) is 1.31. The molecule has 0 aliphatic heterocycles. The summed E-state index contributed by atoms with van der Waals surface area (Å²) in [5, 5.41) is 1.12. The minimum absolute atomic E-state index is 0.424. The third-order valence-corrected chi connectivity index (χ3v) is 4.36. The number of alkyl halides is 1. The highest BCUT2D eigenvalue weighted by Gasteiger charge is 2.50. The molecular weight excluding hydrogens is 292 g/mol. The van der Waals surface area contributed by atoms with Gasteiger partial charge in [0.15, 0.2) is 0 Å². The van der Waals surface area contributed by atoms with E-state index in [0.29, 0.717) is 5.41 Å². The summed E-state index contributed by atoms with van der Waals surface area (Å²) >= 11 is 7.07. The molecule has 0 spiro atoms. The minimum Gasteiger partial charge on any atom is -0.0925 e. The molecule has 0 amide bonds. The van der Waals surface area contributed by atoms with E-state index in [1.54, 1.807) is 0 Å². The predicted molar refractivity (Wildman–Crippen MR) is 63.4 cm³/mol. The van der Waals surface area contributed by atoms with Gasteiger partial charge in [-0.05, 0) is 35.4 Å². The first-order chi connectivity index (χ1) is 6.16. The highest BCUT2D eigenvalue weighted by molar-refractivity contribution is 9.10. The Labute approximate surface area is 96.0 Å². The summed E-state index contributed by atoms with van der Waals surface area (Å²) in [5.74, 6) is 0.821. The maximum Gasteiger partial charge on any atom is 0.0178 e. The van der Waals surface area contributed by atoms with Crippen molar-refractivity contribution < 1.29 is 0 Å². The van der Waals surface area contributed by atoms with Crippen LogP contribution in [0.25, 0.3) is 0 Å². The summed E-state index contributed by atoms with van der Waals surface area (Å²) in [7, 11) is 0. The lowest BCUT2D eigenvalue weighted by atomic mass is 9.96. The van der Waals surface area contributed by atoms with Crippen LogP contribution in [0.2, 0.25) is 0 Å². The molecule has 1 aromatic rings. The van der Waals surface area contributed by atoms with E-state index in [2.05, 4.69) is 63.0 Å². The van der Waals surface area contributed by atoms with Crippen molar-refractivity contribution >= 4 is 31.9 Å². The molecule has 13 heavy (non-hydrogen) atoms. The van der Waals surface area contributed by atoms with Gasteiger partial charge in [0.2, 0.25) is 0 Å². The molecule has 0 radical (unpaired) electrons. The largest absolute Gasteiger partial charge is 0.0925 e. The molecule has 0 nitrogen and oxygen atoms in total. The average Bonchev–Trinajstić information content (AvgIpc) is 2.79. The normalized spacial score (nSPS) is 31.8. The zero-order valence-electron chi connectivity index (χ0n) is 7.56. The van der Waals surface area contributed by atoms with Crippen LogP contribution in [0.3, 0.4) is 0 Å². The van der Waals surface area contributed by atoms with Crippen molar-refractivity contribution in [2.24, 2.45) is 5.92 Å². The van der Waals surface area contributed by atoms with Crippen molar-refractivity contribution in [3.05, 3.63) is 34.3 Å². The summed E-state index contributed by atoms with van der Waals surface area (Å²) in [6.45, 7) is 2.35. The summed E-state index contributed by atoms with van der Waals surface area (Å²) in [6, 6.07) is 8.67. The smallest absolute Gasteiger partial charge is 0.0178 e. The average molecular weight is 304 g/mol. The quantitative estimate of drug-likeness (QED) is 0.721. The molecule has 1 saturated carbocycles. The van der Waals surface area contributed by atoms with Crippen LogP contribution in [-0.4, -0.2) is 5.33 Å². The third kappa shape index (κ3) is 1.71. The molecule has 2 heteroatoms.